The average molecular weight is 409 g/mol. The fourth-order valence-corrected chi connectivity index (χ4v) is 5.33. The summed E-state index contributed by atoms with van der Waals surface area (Å²) in [6, 6.07) is 14.4. The van der Waals surface area contributed by atoms with Crippen LogP contribution in [0.3, 0.4) is 0 Å². The second-order valence-electron chi connectivity index (χ2n) is 7.86. The first kappa shape index (κ1) is 20.0. The molecule has 29 heavy (non-hydrogen) atoms. The molecule has 1 saturated heterocycles. The number of rotatable bonds is 7. The molecular formula is C24H28N2O2S. The molecule has 152 valence electrons. The van der Waals surface area contributed by atoms with Crippen LogP contribution in [0.1, 0.15) is 61.1 Å². The monoisotopic (exact) mass is 408 g/mol. The Morgan fingerprint density at radius 3 is 2.69 bits per heavy atom. The van der Waals surface area contributed by atoms with Gasteiger partial charge in [-0.3, -0.25) is 14.5 Å². The molecule has 1 N–H and O–H groups in total. The fourth-order valence-electron chi connectivity index (χ4n) is 4.15. The molecule has 4 rings (SSSR count). The maximum atomic E-state index is 12.6. The van der Waals surface area contributed by atoms with Gasteiger partial charge in [-0.2, -0.15) is 0 Å². The fraction of sp³-hybridized carbons (Fsp3) is 0.417. The van der Waals surface area contributed by atoms with Gasteiger partial charge in [-0.05, 0) is 66.6 Å². The molecule has 2 aromatic carbocycles. The molecule has 0 saturated carbocycles. The summed E-state index contributed by atoms with van der Waals surface area (Å²) >= 11 is 1.66. The van der Waals surface area contributed by atoms with Gasteiger partial charge in [0.1, 0.15) is 5.37 Å². The minimum atomic E-state index is -0.0174. The number of fused-ring (bicyclic) bond motifs is 1. The normalized spacial score (nSPS) is 18.2. The third-order valence-electron chi connectivity index (χ3n) is 5.72. The van der Waals surface area contributed by atoms with Crippen molar-refractivity contribution in [2.24, 2.45) is 0 Å². The smallest absolute Gasteiger partial charge is 0.238 e. The second-order valence-corrected chi connectivity index (χ2v) is 8.93. The van der Waals surface area contributed by atoms with E-state index in [4.69, 9.17) is 0 Å². The van der Waals surface area contributed by atoms with E-state index in [-0.39, 0.29) is 17.2 Å². The van der Waals surface area contributed by atoms with Crippen molar-refractivity contribution in [3.63, 3.8) is 0 Å². The Kier molecular flexibility index (Phi) is 6.24. The SMILES string of the molecule is CCCCCC(=O)Nc1ccc(C2SCC(=O)N2c2ccc3c(c2)CCC3)cc1. The molecule has 1 aliphatic heterocycles. The van der Waals surface area contributed by atoms with E-state index in [0.29, 0.717) is 12.2 Å². The van der Waals surface area contributed by atoms with Gasteiger partial charge in [0, 0.05) is 17.8 Å². The largest absolute Gasteiger partial charge is 0.326 e. The van der Waals surface area contributed by atoms with Gasteiger partial charge in [0.15, 0.2) is 0 Å². The molecule has 4 nitrogen and oxygen atoms in total. The molecule has 5 heteroatoms. The summed E-state index contributed by atoms with van der Waals surface area (Å²) in [7, 11) is 0. The van der Waals surface area contributed by atoms with Crippen LogP contribution in [-0.2, 0) is 22.4 Å². The van der Waals surface area contributed by atoms with Crippen LogP contribution < -0.4 is 10.2 Å². The Bertz CT molecular complexity index is 894. The number of hydrogen-bond acceptors (Lipinski definition) is 3. The first-order valence-corrected chi connectivity index (χ1v) is 11.7. The molecule has 1 fully saturated rings. The number of benzene rings is 2. The summed E-state index contributed by atoms with van der Waals surface area (Å²) in [5.41, 5.74) is 5.70. The lowest BCUT2D eigenvalue weighted by molar-refractivity contribution is -0.116. The number of nitrogens with zero attached hydrogens (tertiary/aromatic N) is 1. The van der Waals surface area contributed by atoms with Gasteiger partial charge in [-0.15, -0.1) is 11.8 Å². The van der Waals surface area contributed by atoms with E-state index < -0.39 is 0 Å². The van der Waals surface area contributed by atoms with Gasteiger partial charge >= 0.3 is 0 Å². The predicted octanol–water partition coefficient (Wildman–Crippen LogP) is 5.47. The standard InChI is InChI=1S/C24H28N2O2S/c1-2-3-4-8-22(27)25-20-12-9-18(10-13-20)24-26(23(28)16-29-24)21-14-11-17-6-5-7-19(17)15-21/h9-15,24H,2-8,16H2,1H3,(H,25,27). The lowest BCUT2D eigenvalue weighted by Gasteiger charge is -2.25. The van der Waals surface area contributed by atoms with Crippen LogP contribution >= 0.6 is 11.8 Å². The summed E-state index contributed by atoms with van der Waals surface area (Å²) in [4.78, 5) is 26.6. The Morgan fingerprint density at radius 2 is 1.90 bits per heavy atom. The third-order valence-corrected chi connectivity index (χ3v) is 6.93. The van der Waals surface area contributed by atoms with Crippen molar-refractivity contribution in [3.05, 3.63) is 59.2 Å². The van der Waals surface area contributed by atoms with E-state index in [2.05, 4.69) is 30.4 Å². The zero-order valence-corrected chi connectivity index (χ0v) is 17.8. The zero-order chi connectivity index (χ0) is 20.2. The molecule has 2 aliphatic rings. The Labute approximate surface area is 177 Å². The molecule has 1 unspecified atom stereocenters. The molecule has 0 spiro atoms. The van der Waals surface area contributed by atoms with Crippen LogP contribution in [0.5, 0.6) is 0 Å². The summed E-state index contributed by atoms with van der Waals surface area (Å²) in [5, 5.41) is 2.95. The lowest BCUT2D eigenvalue weighted by atomic mass is 10.1. The zero-order valence-electron chi connectivity index (χ0n) is 16.9. The van der Waals surface area contributed by atoms with Crippen LogP contribution in [0.15, 0.2) is 42.5 Å². The van der Waals surface area contributed by atoms with E-state index in [0.717, 1.165) is 49.0 Å². The number of unbranched alkanes of at least 4 members (excludes halogenated alkanes) is 2. The first-order valence-electron chi connectivity index (χ1n) is 10.6. The number of carbonyl (C=O) groups excluding carboxylic acids is 2. The number of carbonyl (C=O) groups is 2. The predicted molar refractivity (Wildman–Crippen MR) is 120 cm³/mol. The number of thioether (sulfide) groups is 1. The minimum absolute atomic E-state index is 0.0174. The van der Waals surface area contributed by atoms with E-state index >= 15 is 0 Å². The molecule has 0 bridgehead atoms. The van der Waals surface area contributed by atoms with E-state index in [1.54, 1.807) is 11.8 Å². The quantitative estimate of drug-likeness (QED) is 0.618. The van der Waals surface area contributed by atoms with E-state index in [9.17, 15) is 9.59 Å². The highest BCUT2D eigenvalue weighted by Gasteiger charge is 2.34. The van der Waals surface area contributed by atoms with E-state index in [1.807, 2.05) is 29.2 Å². The highest BCUT2D eigenvalue weighted by atomic mass is 32.2. The molecule has 0 radical (unpaired) electrons. The summed E-state index contributed by atoms with van der Waals surface area (Å²) in [5.74, 6) is 0.722. The first-order chi connectivity index (χ1) is 14.2. The summed E-state index contributed by atoms with van der Waals surface area (Å²) in [6.45, 7) is 2.13. The average Bonchev–Trinajstić information content (AvgIpc) is 3.34. The molecule has 0 aromatic heterocycles. The molecular weight excluding hydrogens is 380 g/mol. The van der Waals surface area contributed by atoms with Gasteiger partial charge in [0.2, 0.25) is 11.8 Å². The highest BCUT2D eigenvalue weighted by molar-refractivity contribution is 8.00. The maximum absolute atomic E-state index is 12.6. The van der Waals surface area contributed by atoms with Crippen LogP contribution in [0, 0.1) is 0 Å². The second kappa shape index (κ2) is 9.04. The minimum Gasteiger partial charge on any atom is -0.326 e. The van der Waals surface area contributed by atoms with Crippen molar-refractivity contribution in [2.45, 2.75) is 57.2 Å². The van der Waals surface area contributed by atoms with Crippen molar-refractivity contribution in [2.75, 3.05) is 16.0 Å². The molecule has 1 heterocycles. The molecule has 2 aromatic rings. The number of amides is 2. The highest BCUT2D eigenvalue weighted by Crippen LogP contribution is 2.42. The molecule has 1 aliphatic carbocycles. The van der Waals surface area contributed by atoms with Crippen molar-refractivity contribution in [1.82, 2.24) is 0 Å². The summed E-state index contributed by atoms with van der Waals surface area (Å²) < 4.78 is 0. The van der Waals surface area contributed by atoms with Crippen molar-refractivity contribution >= 4 is 35.0 Å². The van der Waals surface area contributed by atoms with Gasteiger partial charge in [-0.1, -0.05) is 38.0 Å². The van der Waals surface area contributed by atoms with E-state index in [1.165, 1.54) is 17.5 Å². The van der Waals surface area contributed by atoms with Crippen LogP contribution in [0.25, 0.3) is 0 Å². The Balaban J connectivity index is 1.47. The summed E-state index contributed by atoms with van der Waals surface area (Å²) in [6.07, 6.45) is 7.14. The van der Waals surface area contributed by atoms with Gasteiger partial charge in [0.25, 0.3) is 0 Å². The van der Waals surface area contributed by atoms with Crippen molar-refractivity contribution < 1.29 is 9.59 Å². The van der Waals surface area contributed by atoms with Crippen LogP contribution in [-0.4, -0.2) is 17.6 Å². The number of hydrogen-bond donors (Lipinski definition) is 1. The van der Waals surface area contributed by atoms with Crippen LogP contribution in [0.2, 0.25) is 0 Å². The van der Waals surface area contributed by atoms with Crippen molar-refractivity contribution in [3.8, 4) is 0 Å². The lowest BCUT2D eigenvalue weighted by Crippen LogP contribution is -2.27. The maximum Gasteiger partial charge on any atom is 0.238 e. The number of aryl methyl sites for hydroxylation is 2. The Hall–Kier alpha value is -2.27. The van der Waals surface area contributed by atoms with Gasteiger partial charge < -0.3 is 5.32 Å². The van der Waals surface area contributed by atoms with Gasteiger partial charge in [-0.25, -0.2) is 0 Å². The van der Waals surface area contributed by atoms with Gasteiger partial charge in [0.05, 0.1) is 5.75 Å². The number of anilines is 2. The molecule has 1 atom stereocenters. The van der Waals surface area contributed by atoms with Crippen molar-refractivity contribution in [1.29, 1.82) is 0 Å². The number of nitrogens with one attached hydrogen (secondary N) is 1. The third kappa shape index (κ3) is 4.50. The topological polar surface area (TPSA) is 49.4 Å². The van der Waals surface area contributed by atoms with Crippen LogP contribution in [0.4, 0.5) is 11.4 Å². The Morgan fingerprint density at radius 1 is 1.10 bits per heavy atom. The molecule has 2 amide bonds.